The van der Waals surface area contributed by atoms with Crippen LogP contribution in [0.25, 0.3) is 0 Å². The average molecular weight is 433 g/mol. The molecule has 0 bridgehead atoms. The zero-order chi connectivity index (χ0) is 22.7. The number of hydrogen-bond acceptors (Lipinski definition) is 5. The summed E-state index contributed by atoms with van der Waals surface area (Å²) >= 11 is 0. The molecule has 1 heterocycles. The highest BCUT2D eigenvalue weighted by Gasteiger charge is 2.43. The van der Waals surface area contributed by atoms with Gasteiger partial charge in [0.15, 0.2) is 0 Å². The Morgan fingerprint density at radius 1 is 1.13 bits per heavy atom. The Kier molecular flexibility index (Phi) is 7.70. The van der Waals surface area contributed by atoms with Crippen LogP contribution in [0.4, 0.5) is 4.79 Å². The molecule has 2 aliphatic carbocycles. The van der Waals surface area contributed by atoms with Crippen molar-refractivity contribution in [3.8, 4) is 0 Å². The van der Waals surface area contributed by atoms with Gasteiger partial charge in [-0.25, -0.2) is 4.79 Å². The Hall–Kier alpha value is -1.99. The standard InChI is InChI=1S/C24H36N2O5/c1-5-7-17-11-16(13-20(21(17)27)31-6-2)12-19-22(28)25-24(30)26(23(19)29)18-9-14(3)8-15(4)10-18/h5,12,14-18,20-21,27H,1,6-11,13H2,2-4H3,(H,25,28,30)/b19-12+. The second kappa shape index (κ2) is 10.1. The number of hydrogen-bond donors (Lipinski definition) is 2. The summed E-state index contributed by atoms with van der Waals surface area (Å²) in [4.78, 5) is 39.7. The fourth-order valence-electron chi connectivity index (χ4n) is 5.71. The van der Waals surface area contributed by atoms with Crippen molar-refractivity contribution >= 4 is 17.8 Å². The molecule has 6 atom stereocenters. The van der Waals surface area contributed by atoms with E-state index in [2.05, 4.69) is 25.7 Å². The quantitative estimate of drug-likeness (QED) is 0.382. The molecule has 172 valence electrons. The third-order valence-corrected chi connectivity index (χ3v) is 6.91. The van der Waals surface area contributed by atoms with Gasteiger partial charge in [-0.15, -0.1) is 6.58 Å². The molecule has 3 rings (SSSR count). The third kappa shape index (κ3) is 5.26. The molecule has 3 aliphatic rings. The SMILES string of the molecule is C=CCC1CC(/C=C2\C(=O)NC(=O)N(C3CC(C)CC(C)C3)C2=O)CC(OCC)C1O. The second-order valence-electron chi connectivity index (χ2n) is 9.59. The zero-order valence-electron chi connectivity index (χ0n) is 18.9. The predicted octanol–water partition coefficient (Wildman–Crippen LogP) is 3.18. The Morgan fingerprint density at radius 2 is 1.81 bits per heavy atom. The Bertz CT molecular complexity index is 738. The molecule has 3 fully saturated rings. The largest absolute Gasteiger partial charge is 0.390 e. The maximum Gasteiger partial charge on any atom is 0.331 e. The van der Waals surface area contributed by atoms with E-state index in [4.69, 9.17) is 4.74 Å². The number of ether oxygens (including phenoxy) is 1. The van der Waals surface area contributed by atoms with Crippen LogP contribution < -0.4 is 5.32 Å². The summed E-state index contributed by atoms with van der Waals surface area (Å²) in [5, 5.41) is 13.0. The molecule has 0 aromatic heterocycles. The normalized spacial score (nSPS) is 38.3. The van der Waals surface area contributed by atoms with E-state index in [1.165, 1.54) is 4.90 Å². The van der Waals surface area contributed by atoms with E-state index in [1.54, 1.807) is 12.2 Å². The third-order valence-electron chi connectivity index (χ3n) is 6.91. The summed E-state index contributed by atoms with van der Waals surface area (Å²) in [5.41, 5.74) is 0.0273. The number of amides is 4. The van der Waals surface area contributed by atoms with Gasteiger partial charge in [-0.1, -0.05) is 26.0 Å². The van der Waals surface area contributed by atoms with Crippen molar-refractivity contribution in [3.05, 3.63) is 24.3 Å². The molecule has 0 radical (unpaired) electrons. The summed E-state index contributed by atoms with van der Waals surface area (Å²) in [7, 11) is 0. The maximum atomic E-state index is 13.3. The van der Waals surface area contributed by atoms with Crippen LogP contribution in [-0.2, 0) is 14.3 Å². The fraction of sp³-hybridized carbons (Fsp3) is 0.708. The predicted molar refractivity (Wildman–Crippen MR) is 117 cm³/mol. The average Bonchev–Trinajstić information content (AvgIpc) is 2.68. The first-order chi connectivity index (χ1) is 14.7. The summed E-state index contributed by atoms with van der Waals surface area (Å²) in [6.45, 7) is 10.4. The van der Waals surface area contributed by atoms with Crippen molar-refractivity contribution in [2.45, 2.75) is 77.5 Å². The van der Waals surface area contributed by atoms with Crippen LogP contribution >= 0.6 is 0 Å². The van der Waals surface area contributed by atoms with Crippen molar-refractivity contribution in [2.75, 3.05) is 6.61 Å². The lowest BCUT2D eigenvalue weighted by molar-refractivity contribution is -0.132. The van der Waals surface area contributed by atoms with Crippen molar-refractivity contribution in [3.63, 3.8) is 0 Å². The van der Waals surface area contributed by atoms with Gasteiger partial charge in [0.05, 0.1) is 12.2 Å². The van der Waals surface area contributed by atoms with Gasteiger partial charge in [-0.05, 0) is 69.1 Å². The molecule has 1 saturated heterocycles. The monoisotopic (exact) mass is 432 g/mol. The molecule has 0 spiro atoms. The Balaban J connectivity index is 1.84. The highest BCUT2D eigenvalue weighted by Crippen LogP contribution is 2.36. The van der Waals surface area contributed by atoms with E-state index in [1.807, 2.05) is 6.92 Å². The number of aliphatic hydroxyl groups is 1. The van der Waals surface area contributed by atoms with E-state index >= 15 is 0 Å². The molecule has 4 amide bonds. The van der Waals surface area contributed by atoms with Gasteiger partial charge in [0.2, 0.25) is 0 Å². The molecular weight excluding hydrogens is 396 g/mol. The van der Waals surface area contributed by atoms with Gasteiger partial charge in [-0.3, -0.25) is 19.8 Å². The number of imide groups is 2. The Labute approximate surface area is 184 Å². The molecule has 7 nitrogen and oxygen atoms in total. The number of nitrogens with zero attached hydrogens (tertiary/aromatic N) is 1. The van der Waals surface area contributed by atoms with Gasteiger partial charge >= 0.3 is 6.03 Å². The Morgan fingerprint density at radius 3 is 2.42 bits per heavy atom. The molecule has 31 heavy (non-hydrogen) atoms. The van der Waals surface area contributed by atoms with Crippen LogP contribution in [-0.4, -0.2) is 52.7 Å². The second-order valence-corrected chi connectivity index (χ2v) is 9.59. The molecule has 7 heteroatoms. The number of barbiturate groups is 1. The van der Waals surface area contributed by atoms with E-state index in [-0.39, 0.29) is 29.6 Å². The molecule has 1 aliphatic heterocycles. The summed E-state index contributed by atoms with van der Waals surface area (Å²) in [5.74, 6) is -0.448. The molecule has 2 N–H and O–H groups in total. The van der Waals surface area contributed by atoms with E-state index in [9.17, 15) is 19.5 Å². The molecule has 6 unspecified atom stereocenters. The first-order valence-electron chi connectivity index (χ1n) is 11.6. The van der Waals surface area contributed by atoms with Crippen molar-refractivity contribution < 1.29 is 24.2 Å². The van der Waals surface area contributed by atoms with Crippen molar-refractivity contribution in [2.24, 2.45) is 23.7 Å². The van der Waals surface area contributed by atoms with E-state index < -0.39 is 23.9 Å². The number of allylic oxidation sites excluding steroid dienone is 2. The molecule has 2 saturated carbocycles. The number of nitrogens with one attached hydrogen (secondary N) is 1. The summed E-state index contributed by atoms with van der Waals surface area (Å²) in [6, 6.07) is -0.810. The van der Waals surface area contributed by atoms with Gasteiger partial charge in [-0.2, -0.15) is 0 Å². The highest BCUT2D eigenvalue weighted by atomic mass is 16.5. The zero-order valence-corrected chi connectivity index (χ0v) is 18.9. The van der Waals surface area contributed by atoms with Crippen molar-refractivity contribution in [1.82, 2.24) is 10.2 Å². The topological polar surface area (TPSA) is 95.9 Å². The minimum Gasteiger partial charge on any atom is -0.390 e. The number of carbonyl (C=O) groups is 3. The fourth-order valence-corrected chi connectivity index (χ4v) is 5.71. The number of aliphatic hydroxyl groups excluding tert-OH is 1. The molecule has 0 aromatic rings. The van der Waals surface area contributed by atoms with Crippen LogP contribution in [0.3, 0.4) is 0 Å². The number of rotatable bonds is 6. The minimum absolute atomic E-state index is 0.0273. The molecular formula is C24H36N2O5. The number of urea groups is 1. The number of carbonyl (C=O) groups excluding carboxylic acids is 3. The van der Waals surface area contributed by atoms with Crippen LogP contribution in [0.2, 0.25) is 0 Å². The van der Waals surface area contributed by atoms with Gasteiger partial charge in [0, 0.05) is 12.6 Å². The lowest BCUT2D eigenvalue weighted by atomic mass is 9.75. The summed E-state index contributed by atoms with van der Waals surface area (Å²) < 4.78 is 5.74. The smallest absolute Gasteiger partial charge is 0.331 e. The van der Waals surface area contributed by atoms with Gasteiger partial charge in [0.25, 0.3) is 11.8 Å². The van der Waals surface area contributed by atoms with Crippen LogP contribution in [0.15, 0.2) is 24.3 Å². The van der Waals surface area contributed by atoms with Gasteiger partial charge < -0.3 is 9.84 Å². The first kappa shape index (κ1) is 23.7. The summed E-state index contributed by atoms with van der Waals surface area (Å²) in [6.07, 6.45) is 6.89. The lowest BCUT2D eigenvalue weighted by Gasteiger charge is -2.40. The van der Waals surface area contributed by atoms with E-state index in [0.717, 1.165) is 19.3 Å². The minimum atomic E-state index is -0.637. The van der Waals surface area contributed by atoms with Crippen LogP contribution in [0.5, 0.6) is 0 Å². The van der Waals surface area contributed by atoms with Crippen LogP contribution in [0, 0.1) is 23.7 Å². The van der Waals surface area contributed by atoms with Crippen molar-refractivity contribution in [1.29, 1.82) is 0 Å². The first-order valence-corrected chi connectivity index (χ1v) is 11.6. The van der Waals surface area contributed by atoms with E-state index in [0.29, 0.717) is 37.7 Å². The van der Waals surface area contributed by atoms with Gasteiger partial charge in [0.1, 0.15) is 5.57 Å². The van der Waals surface area contributed by atoms with Crippen LogP contribution in [0.1, 0.15) is 59.3 Å². The molecule has 0 aromatic carbocycles. The lowest BCUT2D eigenvalue weighted by Crippen LogP contribution is -2.59. The highest BCUT2D eigenvalue weighted by molar-refractivity contribution is 6.28. The maximum absolute atomic E-state index is 13.3.